The predicted molar refractivity (Wildman–Crippen MR) is 108 cm³/mol. The Hall–Kier alpha value is -2.91. The van der Waals surface area contributed by atoms with Crippen molar-refractivity contribution >= 4 is 11.7 Å². The van der Waals surface area contributed by atoms with Gasteiger partial charge in [-0.15, -0.1) is 0 Å². The summed E-state index contributed by atoms with van der Waals surface area (Å²) >= 11 is 0. The number of nitriles is 1. The van der Waals surface area contributed by atoms with E-state index in [1.807, 2.05) is 23.1 Å². The van der Waals surface area contributed by atoms with Crippen LogP contribution in [0, 0.1) is 11.3 Å². The molecule has 6 nitrogen and oxygen atoms in total. The van der Waals surface area contributed by atoms with Crippen molar-refractivity contribution in [3.63, 3.8) is 0 Å². The standard InChI is InChI=1S/C22H25N5O/c23-16-20-7-4-8-24-21(20)26-11-13-27(14-12-26)22(28)19-6-3-5-18(15-19)17-25-9-1-2-10-25/h3-8,15H,1-2,9-14,17H2. The van der Waals surface area contributed by atoms with Crippen LogP contribution in [0.25, 0.3) is 0 Å². The lowest BCUT2D eigenvalue weighted by atomic mass is 10.1. The quantitative estimate of drug-likeness (QED) is 0.822. The third kappa shape index (κ3) is 4.00. The number of anilines is 1. The van der Waals surface area contributed by atoms with Crippen molar-refractivity contribution < 1.29 is 4.79 Å². The molecule has 2 aromatic rings. The minimum absolute atomic E-state index is 0.0875. The Balaban J connectivity index is 1.39. The molecule has 28 heavy (non-hydrogen) atoms. The van der Waals surface area contributed by atoms with E-state index in [2.05, 4.69) is 26.9 Å². The molecule has 2 saturated heterocycles. The number of amides is 1. The molecular formula is C22H25N5O. The lowest BCUT2D eigenvalue weighted by Crippen LogP contribution is -2.49. The average Bonchev–Trinajstić information content (AvgIpc) is 3.26. The molecule has 2 fully saturated rings. The highest BCUT2D eigenvalue weighted by molar-refractivity contribution is 5.94. The molecular weight excluding hydrogens is 350 g/mol. The number of piperazine rings is 1. The summed E-state index contributed by atoms with van der Waals surface area (Å²) < 4.78 is 0. The Labute approximate surface area is 166 Å². The molecule has 2 aliphatic heterocycles. The Morgan fingerprint density at radius 1 is 1.04 bits per heavy atom. The van der Waals surface area contributed by atoms with E-state index in [-0.39, 0.29) is 5.91 Å². The van der Waals surface area contributed by atoms with Crippen LogP contribution in [0.1, 0.15) is 34.3 Å². The highest BCUT2D eigenvalue weighted by atomic mass is 16.2. The van der Waals surface area contributed by atoms with Gasteiger partial charge < -0.3 is 9.80 Å². The molecule has 3 heterocycles. The van der Waals surface area contributed by atoms with E-state index in [0.717, 1.165) is 25.2 Å². The molecule has 0 bridgehead atoms. The summed E-state index contributed by atoms with van der Waals surface area (Å²) in [5, 5.41) is 9.28. The zero-order valence-electron chi connectivity index (χ0n) is 16.0. The number of rotatable bonds is 4. The largest absolute Gasteiger partial charge is 0.352 e. The SMILES string of the molecule is N#Cc1cccnc1N1CCN(C(=O)c2cccc(CN3CCCC3)c2)CC1. The minimum Gasteiger partial charge on any atom is -0.352 e. The molecule has 0 N–H and O–H groups in total. The van der Waals surface area contributed by atoms with Gasteiger partial charge in [-0.1, -0.05) is 12.1 Å². The molecule has 1 aromatic carbocycles. The lowest BCUT2D eigenvalue weighted by Gasteiger charge is -2.35. The summed E-state index contributed by atoms with van der Waals surface area (Å²) in [4.78, 5) is 23.8. The van der Waals surface area contributed by atoms with Crippen molar-refractivity contribution in [1.29, 1.82) is 5.26 Å². The van der Waals surface area contributed by atoms with Crippen LogP contribution in [0.15, 0.2) is 42.6 Å². The Morgan fingerprint density at radius 3 is 2.57 bits per heavy atom. The van der Waals surface area contributed by atoms with Gasteiger partial charge in [0, 0.05) is 44.5 Å². The minimum atomic E-state index is 0.0875. The summed E-state index contributed by atoms with van der Waals surface area (Å²) in [6.07, 6.45) is 4.25. The molecule has 0 unspecified atom stereocenters. The molecule has 144 valence electrons. The number of hydrogen-bond donors (Lipinski definition) is 0. The van der Waals surface area contributed by atoms with E-state index in [4.69, 9.17) is 0 Å². The van der Waals surface area contributed by atoms with Crippen LogP contribution in [0.2, 0.25) is 0 Å². The van der Waals surface area contributed by atoms with Gasteiger partial charge in [0.1, 0.15) is 11.9 Å². The smallest absolute Gasteiger partial charge is 0.253 e. The molecule has 1 amide bonds. The highest BCUT2D eigenvalue weighted by Crippen LogP contribution is 2.20. The van der Waals surface area contributed by atoms with Crippen molar-refractivity contribution in [2.45, 2.75) is 19.4 Å². The van der Waals surface area contributed by atoms with E-state index in [9.17, 15) is 10.1 Å². The maximum absolute atomic E-state index is 13.0. The second kappa shape index (κ2) is 8.41. The first kappa shape index (κ1) is 18.5. The van der Waals surface area contributed by atoms with Crippen molar-refractivity contribution in [1.82, 2.24) is 14.8 Å². The molecule has 4 rings (SSSR count). The van der Waals surface area contributed by atoms with Gasteiger partial charge in [0.05, 0.1) is 5.56 Å². The van der Waals surface area contributed by atoms with Crippen molar-refractivity contribution in [2.24, 2.45) is 0 Å². The first-order valence-electron chi connectivity index (χ1n) is 9.95. The van der Waals surface area contributed by atoms with Gasteiger partial charge in [0.15, 0.2) is 0 Å². The summed E-state index contributed by atoms with van der Waals surface area (Å²) in [6.45, 7) is 5.87. The van der Waals surface area contributed by atoms with Gasteiger partial charge in [-0.05, 0) is 55.8 Å². The summed E-state index contributed by atoms with van der Waals surface area (Å²) in [5.74, 6) is 0.800. The second-order valence-electron chi connectivity index (χ2n) is 7.45. The van der Waals surface area contributed by atoms with E-state index in [1.54, 1.807) is 18.3 Å². The molecule has 0 saturated carbocycles. The van der Waals surface area contributed by atoms with Crippen LogP contribution >= 0.6 is 0 Å². The molecule has 0 aliphatic carbocycles. The average molecular weight is 375 g/mol. The number of nitrogens with zero attached hydrogens (tertiary/aromatic N) is 5. The van der Waals surface area contributed by atoms with Crippen LogP contribution in [-0.4, -0.2) is 60.0 Å². The third-order valence-corrected chi connectivity index (χ3v) is 5.55. The zero-order chi connectivity index (χ0) is 19.3. The van der Waals surface area contributed by atoms with Crippen LogP contribution in [0.5, 0.6) is 0 Å². The van der Waals surface area contributed by atoms with Gasteiger partial charge in [0.2, 0.25) is 0 Å². The number of hydrogen-bond acceptors (Lipinski definition) is 5. The Kier molecular flexibility index (Phi) is 5.54. The third-order valence-electron chi connectivity index (χ3n) is 5.55. The van der Waals surface area contributed by atoms with Crippen molar-refractivity contribution in [2.75, 3.05) is 44.2 Å². The van der Waals surface area contributed by atoms with E-state index < -0.39 is 0 Å². The maximum atomic E-state index is 13.0. The van der Waals surface area contributed by atoms with E-state index in [0.29, 0.717) is 37.6 Å². The second-order valence-corrected chi connectivity index (χ2v) is 7.45. The molecule has 6 heteroatoms. The molecule has 0 spiro atoms. The number of carbonyl (C=O) groups excluding carboxylic acids is 1. The van der Waals surface area contributed by atoms with Gasteiger partial charge in [-0.2, -0.15) is 5.26 Å². The number of likely N-dealkylation sites (tertiary alicyclic amines) is 1. The Bertz CT molecular complexity index is 876. The van der Waals surface area contributed by atoms with Crippen molar-refractivity contribution in [3.8, 4) is 6.07 Å². The fraction of sp³-hybridized carbons (Fsp3) is 0.409. The maximum Gasteiger partial charge on any atom is 0.253 e. The highest BCUT2D eigenvalue weighted by Gasteiger charge is 2.24. The molecule has 0 radical (unpaired) electrons. The van der Waals surface area contributed by atoms with Gasteiger partial charge in [-0.3, -0.25) is 9.69 Å². The van der Waals surface area contributed by atoms with Gasteiger partial charge in [-0.25, -0.2) is 4.98 Å². The first-order chi connectivity index (χ1) is 13.7. The number of carbonyl (C=O) groups is 1. The monoisotopic (exact) mass is 375 g/mol. The van der Waals surface area contributed by atoms with Crippen LogP contribution in [0.3, 0.4) is 0 Å². The fourth-order valence-electron chi connectivity index (χ4n) is 4.04. The topological polar surface area (TPSA) is 63.5 Å². The van der Waals surface area contributed by atoms with Gasteiger partial charge >= 0.3 is 0 Å². The summed E-state index contributed by atoms with van der Waals surface area (Å²) in [7, 11) is 0. The van der Waals surface area contributed by atoms with Crippen LogP contribution < -0.4 is 4.90 Å². The Morgan fingerprint density at radius 2 is 1.82 bits per heavy atom. The molecule has 1 aromatic heterocycles. The number of pyridine rings is 1. The lowest BCUT2D eigenvalue weighted by molar-refractivity contribution is 0.0746. The molecule has 2 aliphatic rings. The fourth-order valence-corrected chi connectivity index (χ4v) is 4.04. The number of aromatic nitrogens is 1. The normalized spacial score (nSPS) is 17.5. The molecule has 0 atom stereocenters. The van der Waals surface area contributed by atoms with Crippen molar-refractivity contribution in [3.05, 3.63) is 59.3 Å². The van der Waals surface area contributed by atoms with E-state index in [1.165, 1.54) is 18.4 Å². The van der Waals surface area contributed by atoms with Crippen LogP contribution in [-0.2, 0) is 6.54 Å². The van der Waals surface area contributed by atoms with E-state index >= 15 is 0 Å². The predicted octanol–water partition coefficient (Wildman–Crippen LogP) is 2.51. The number of benzene rings is 1. The zero-order valence-corrected chi connectivity index (χ0v) is 16.0. The first-order valence-corrected chi connectivity index (χ1v) is 9.95. The summed E-state index contributed by atoms with van der Waals surface area (Å²) in [5.41, 5.74) is 2.55. The van der Waals surface area contributed by atoms with Gasteiger partial charge in [0.25, 0.3) is 5.91 Å². The summed E-state index contributed by atoms with van der Waals surface area (Å²) in [6, 6.07) is 13.8. The van der Waals surface area contributed by atoms with Crippen LogP contribution in [0.4, 0.5) is 5.82 Å².